The molecule has 0 fully saturated rings. The van der Waals surface area contributed by atoms with E-state index in [2.05, 4.69) is 13.8 Å². The predicted molar refractivity (Wildman–Crippen MR) is 61.0 cm³/mol. The van der Waals surface area contributed by atoms with Crippen LogP contribution in [0.3, 0.4) is 0 Å². The molecule has 15 heavy (non-hydrogen) atoms. The summed E-state index contributed by atoms with van der Waals surface area (Å²) in [6.07, 6.45) is 0.895. The fourth-order valence-electron chi connectivity index (χ4n) is 1.46. The summed E-state index contributed by atoms with van der Waals surface area (Å²) in [7, 11) is 0. The van der Waals surface area contributed by atoms with E-state index in [-0.39, 0.29) is 0 Å². The van der Waals surface area contributed by atoms with E-state index in [1.54, 1.807) is 24.3 Å². The molecule has 0 bridgehead atoms. The van der Waals surface area contributed by atoms with Crippen LogP contribution in [0.25, 0.3) is 0 Å². The maximum Gasteiger partial charge on any atom is 0.310 e. The van der Waals surface area contributed by atoms with Crippen molar-refractivity contribution in [2.75, 3.05) is 0 Å². The Morgan fingerprint density at radius 2 is 2.00 bits per heavy atom. The van der Waals surface area contributed by atoms with Crippen molar-refractivity contribution in [3.8, 4) is 0 Å². The number of hydrogen-bond acceptors (Lipinski definition) is 1. The molecule has 0 amide bonds. The summed E-state index contributed by atoms with van der Waals surface area (Å²) in [5.41, 5.74) is 1.42. The van der Waals surface area contributed by atoms with Crippen molar-refractivity contribution in [1.82, 2.24) is 0 Å². The van der Waals surface area contributed by atoms with Crippen LogP contribution in [0.15, 0.2) is 24.3 Å². The molecule has 0 saturated carbocycles. The third kappa shape index (κ3) is 3.39. The third-order valence-electron chi connectivity index (χ3n) is 2.20. The number of carboxylic acids is 1. The Bertz CT molecular complexity index is 407. The van der Waals surface area contributed by atoms with E-state index in [0.717, 1.165) is 12.0 Å². The van der Waals surface area contributed by atoms with Gasteiger partial charge in [0.1, 0.15) is 0 Å². The topological polar surface area (TPSA) is 37.3 Å². The number of aliphatic carboxylic acids is 1. The summed E-state index contributed by atoms with van der Waals surface area (Å²) in [6, 6.07) is 6.81. The zero-order chi connectivity index (χ0) is 13.9. The highest BCUT2D eigenvalue weighted by molar-refractivity contribution is 5.75. The molecule has 0 radical (unpaired) electrons. The first-order chi connectivity index (χ1) is 8.21. The Labute approximate surface area is 95.2 Å². The highest BCUT2D eigenvalue weighted by Crippen LogP contribution is 2.17. The van der Waals surface area contributed by atoms with E-state index in [1.807, 2.05) is 0 Å². The van der Waals surface area contributed by atoms with E-state index >= 15 is 0 Å². The van der Waals surface area contributed by atoms with Crippen LogP contribution in [-0.2, 0) is 11.2 Å². The Kier molecular flexibility index (Phi) is 2.62. The Morgan fingerprint density at radius 1 is 1.40 bits per heavy atom. The zero-order valence-corrected chi connectivity index (χ0v) is 9.03. The number of hydrogen-bond donors (Lipinski definition) is 1. The molecule has 1 aromatic carbocycles. The quantitative estimate of drug-likeness (QED) is 0.827. The molecular formula is C13H18O2. The number of benzene rings is 1. The van der Waals surface area contributed by atoms with Crippen molar-refractivity contribution in [1.29, 1.82) is 0 Å². The maximum atomic E-state index is 11.0. The highest BCUT2D eigenvalue weighted by atomic mass is 16.4. The van der Waals surface area contributed by atoms with E-state index in [1.165, 1.54) is 0 Å². The first-order valence-corrected chi connectivity index (χ1v) is 5.03. The number of carboxylic acid groups (broad SMARTS) is 1. The average Bonchev–Trinajstić information content (AvgIpc) is 2.17. The Balaban J connectivity index is 2.98. The SMILES string of the molecule is [2H]C([2H])([2H])[C@H](C(=O)O)c1ccc(CC(C)C)cc1. The van der Waals surface area contributed by atoms with Crippen molar-refractivity contribution in [3.63, 3.8) is 0 Å². The van der Waals surface area contributed by atoms with Crippen LogP contribution in [0.1, 0.15) is 41.9 Å². The van der Waals surface area contributed by atoms with Crippen molar-refractivity contribution in [3.05, 3.63) is 35.4 Å². The normalized spacial score (nSPS) is 16.6. The molecule has 0 unspecified atom stereocenters. The lowest BCUT2D eigenvalue weighted by molar-refractivity contribution is -0.138. The van der Waals surface area contributed by atoms with Crippen LogP contribution in [-0.4, -0.2) is 11.1 Å². The molecule has 0 heterocycles. The minimum absolute atomic E-state index is 0.329. The van der Waals surface area contributed by atoms with Gasteiger partial charge in [0, 0.05) is 4.11 Å². The van der Waals surface area contributed by atoms with Gasteiger partial charge >= 0.3 is 5.97 Å². The van der Waals surface area contributed by atoms with Crippen LogP contribution in [0.4, 0.5) is 0 Å². The minimum atomic E-state index is -2.52. The van der Waals surface area contributed by atoms with Gasteiger partial charge in [0.25, 0.3) is 0 Å². The summed E-state index contributed by atoms with van der Waals surface area (Å²) < 4.78 is 21.8. The van der Waals surface area contributed by atoms with Crippen molar-refractivity contribution < 1.29 is 14.0 Å². The molecule has 0 saturated heterocycles. The van der Waals surface area contributed by atoms with E-state index < -0.39 is 18.7 Å². The largest absolute Gasteiger partial charge is 0.481 e. The maximum absolute atomic E-state index is 11.0. The molecule has 0 aliphatic carbocycles. The molecule has 0 aliphatic heterocycles. The second kappa shape index (κ2) is 4.96. The van der Waals surface area contributed by atoms with Crippen LogP contribution < -0.4 is 0 Å². The van der Waals surface area contributed by atoms with Gasteiger partial charge in [-0.25, -0.2) is 0 Å². The summed E-state index contributed by atoms with van der Waals surface area (Å²) in [5, 5.41) is 9.02. The van der Waals surface area contributed by atoms with Crippen molar-refractivity contribution >= 4 is 5.97 Å². The van der Waals surface area contributed by atoms with E-state index in [4.69, 9.17) is 9.22 Å². The van der Waals surface area contributed by atoms with Crippen LogP contribution in [0.5, 0.6) is 0 Å². The standard InChI is InChI=1S/C13H18O2/c1-9(2)8-11-4-6-12(7-5-11)10(3)13(14)15/h4-7,9-10H,8H2,1-3H3,(H,14,15)/t10-/m0/s1/i3D3. The van der Waals surface area contributed by atoms with Gasteiger partial charge in [-0.3, -0.25) is 4.79 Å². The van der Waals surface area contributed by atoms with Gasteiger partial charge in [-0.2, -0.15) is 0 Å². The Morgan fingerprint density at radius 3 is 2.40 bits per heavy atom. The summed E-state index contributed by atoms with van der Waals surface area (Å²) in [5.74, 6) is -2.26. The lowest BCUT2D eigenvalue weighted by atomic mass is 9.97. The molecule has 2 nitrogen and oxygen atoms in total. The summed E-state index contributed by atoms with van der Waals surface area (Å²) >= 11 is 0. The minimum Gasteiger partial charge on any atom is -0.481 e. The number of carbonyl (C=O) groups is 1. The lowest BCUT2D eigenvalue weighted by Crippen LogP contribution is -2.07. The van der Waals surface area contributed by atoms with Crippen molar-refractivity contribution in [2.24, 2.45) is 5.92 Å². The molecule has 0 aromatic heterocycles. The first kappa shape index (κ1) is 7.91. The highest BCUT2D eigenvalue weighted by Gasteiger charge is 2.12. The first-order valence-electron chi connectivity index (χ1n) is 6.53. The number of rotatable bonds is 4. The smallest absolute Gasteiger partial charge is 0.310 e. The van der Waals surface area contributed by atoms with Gasteiger partial charge in [-0.15, -0.1) is 0 Å². The van der Waals surface area contributed by atoms with Gasteiger partial charge in [-0.05, 0) is 30.3 Å². The molecule has 1 atom stereocenters. The monoisotopic (exact) mass is 209 g/mol. The van der Waals surface area contributed by atoms with Crippen LogP contribution in [0, 0.1) is 5.92 Å². The fourth-order valence-corrected chi connectivity index (χ4v) is 1.46. The fraction of sp³-hybridized carbons (Fsp3) is 0.462. The van der Waals surface area contributed by atoms with E-state index in [9.17, 15) is 4.79 Å². The van der Waals surface area contributed by atoms with Gasteiger partial charge in [0.15, 0.2) is 0 Å². The molecule has 1 rings (SSSR count). The van der Waals surface area contributed by atoms with Gasteiger partial charge in [0.2, 0.25) is 0 Å². The van der Waals surface area contributed by atoms with Gasteiger partial charge in [0.05, 0.1) is 5.92 Å². The van der Waals surface area contributed by atoms with Gasteiger partial charge in [-0.1, -0.05) is 38.1 Å². The Hall–Kier alpha value is -1.31. The van der Waals surface area contributed by atoms with Gasteiger partial charge < -0.3 is 5.11 Å². The molecule has 2 heteroatoms. The van der Waals surface area contributed by atoms with E-state index in [0.29, 0.717) is 11.5 Å². The summed E-state index contributed by atoms with van der Waals surface area (Å²) in [4.78, 5) is 11.0. The molecule has 0 aliphatic rings. The molecular weight excluding hydrogens is 188 g/mol. The van der Waals surface area contributed by atoms with Crippen LogP contribution >= 0.6 is 0 Å². The zero-order valence-electron chi connectivity index (χ0n) is 12.0. The third-order valence-corrected chi connectivity index (χ3v) is 2.20. The molecule has 1 N–H and O–H groups in total. The second-order valence-electron chi connectivity index (χ2n) is 4.11. The molecule has 1 aromatic rings. The molecule has 82 valence electrons. The lowest BCUT2D eigenvalue weighted by Gasteiger charge is -2.09. The predicted octanol–water partition coefficient (Wildman–Crippen LogP) is 3.07. The summed E-state index contributed by atoms with van der Waals surface area (Å²) in [6.45, 7) is 1.66. The molecule has 0 spiro atoms. The second-order valence-corrected chi connectivity index (χ2v) is 4.11. The average molecular weight is 209 g/mol. The van der Waals surface area contributed by atoms with Crippen LogP contribution in [0.2, 0.25) is 0 Å². The van der Waals surface area contributed by atoms with Crippen molar-refractivity contribution in [2.45, 2.75) is 33.0 Å².